The average molecular weight is 228 g/mol. The third-order valence-corrected chi connectivity index (χ3v) is 2.60. The van der Waals surface area contributed by atoms with Crippen LogP contribution in [0.5, 0.6) is 0 Å². The second-order valence-corrected chi connectivity index (χ2v) is 3.87. The first-order valence-corrected chi connectivity index (χ1v) is 5.48. The van der Waals surface area contributed by atoms with Crippen molar-refractivity contribution in [3.63, 3.8) is 0 Å². The van der Waals surface area contributed by atoms with Gasteiger partial charge in [0, 0.05) is 0 Å². The van der Waals surface area contributed by atoms with Gasteiger partial charge in [-0.1, -0.05) is 12.1 Å². The first-order chi connectivity index (χ1) is 8.33. The molecular weight excluding hydrogens is 216 g/mol. The molecule has 86 valence electrons. The highest BCUT2D eigenvalue weighted by molar-refractivity contribution is 5.74. The van der Waals surface area contributed by atoms with Gasteiger partial charge in [-0.2, -0.15) is 4.98 Å². The number of para-hydroxylation sites is 2. The predicted molar refractivity (Wildman–Crippen MR) is 64.8 cm³/mol. The monoisotopic (exact) mass is 228 g/mol. The molecule has 4 heteroatoms. The molecule has 2 heterocycles. The minimum absolute atomic E-state index is 0.0260. The van der Waals surface area contributed by atoms with E-state index in [-0.39, 0.29) is 6.04 Å². The van der Waals surface area contributed by atoms with Gasteiger partial charge in [-0.25, -0.2) is 0 Å². The second kappa shape index (κ2) is 3.97. The van der Waals surface area contributed by atoms with Crippen molar-refractivity contribution in [2.75, 3.05) is 5.32 Å². The molecule has 1 aromatic carbocycles. The van der Waals surface area contributed by atoms with Crippen molar-refractivity contribution in [1.82, 2.24) is 4.98 Å². The molecule has 2 aromatic heterocycles. The SMILES string of the molecule is CC(Nc1nc2ccccc2o1)c1ccco1. The number of nitrogens with one attached hydrogen (secondary N) is 1. The summed E-state index contributed by atoms with van der Waals surface area (Å²) in [5.74, 6) is 0.854. The molecular formula is C13H12N2O2. The first kappa shape index (κ1) is 9.96. The highest BCUT2D eigenvalue weighted by Gasteiger charge is 2.11. The summed E-state index contributed by atoms with van der Waals surface area (Å²) < 4.78 is 10.9. The molecule has 3 aromatic rings. The van der Waals surface area contributed by atoms with Gasteiger partial charge < -0.3 is 14.2 Å². The van der Waals surface area contributed by atoms with Crippen LogP contribution in [-0.2, 0) is 0 Å². The van der Waals surface area contributed by atoms with E-state index in [0.717, 1.165) is 16.9 Å². The Morgan fingerprint density at radius 1 is 1.18 bits per heavy atom. The molecule has 0 aliphatic rings. The summed E-state index contributed by atoms with van der Waals surface area (Å²) in [4.78, 5) is 4.34. The Hall–Kier alpha value is -2.23. The van der Waals surface area contributed by atoms with E-state index in [2.05, 4.69) is 10.3 Å². The van der Waals surface area contributed by atoms with E-state index in [1.54, 1.807) is 6.26 Å². The summed E-state index contributed by atoms with van der Waals surface area (Å²) in [6.07, 6.45) is 1.65. The molecule has 0 amide bonds. The van der Waals surface area contributed by atoms with Gasteiger partial charge in [-0.15, -0.1) is 0 Å². The number of fused-ring (bicyclic) bond motifs is 1. The van der Waals surface area contributed by atoms with Crippen molar-refractivity contribution in [2.24, 2.45) is 0 Å². The van der Waals surface area contributed by atoms with Gasteiger partial charge in [0.2, 0.25) is 0 Å². The number of nitrogens with zero attached hydrogens (tertiary/aromatic N) is 1. The first-order valence-electron chi connectivity index (χ1n) is 5.48. The molecule has 4 nitrogen and oxygen atoms in total. The Morgan fingerprint density at radius 3 is 2.82 bits per heavy atom. The molecule has 0 spiro atoms. The smallest absolute Gasteiger partial charge is 0.296 e. The predicted octanol–water partition coefficient (Wildman–Crippen LogP) is 3.59. The molecule has 0 saturated heterocycles. The van der Waals surface area contributed by atoms with Crippen LogP contribution < -0.4 is 5.32 Å². The Kier molecular flexibility index (Phi) is 2.33. The minimum Gasteiger partial charge on any atom is -0.467 e. The van der Waals surface area contributed by atoms with Crippen molar-refractivity contribution in [3.05, 3.63) is 48.4 Å². The fraction of sp³-hybridized carbons (Fsp3) is 0.154. The molecule has 0 aliphatic carbocycles. The van der Waals surface area contributed by atoms with Gasteiger partial charge in [0.25, 0.3) is 6.01 Å². The van der Waals surface area contributed by atoms with Crippen LogP contribution in [0.15, 0.2) is 51.5 Å². The van der Waals surface area contributed by atoms with E-state index in [1.165, 1.54) is 0 Å². The molecule has 1 unspecified atom stereocenters. The number of furan rings is 1. The van der Waals surface area contributed by atoms with E-state index < -0.39 is 0 Å². The average Bonchev–Trinajstić information content (AvgIpc) is 2.97. The van der Waals surface area contributed by atoms with Crippen LogP contribution >= 0.6 is 0 Å². The Bertz CT molecular complexity index is 580. The minimum atomic E-state index is 0.0260. The van der Waals surface area contributed by atoms with Crippen LogP contribution in [-0.4, -0.2) is 4.98 Å². The number of hydrogen-bond acceptors (Lipinski definition) is 4. The summed E-state index contributed by atoms with van der Waals surface area (Å²) in [5, 5.41) is 3.16. The summed E-state index contributed by atoms with van der Waals surface area (Å²) in [6, 6.07) is 12.0. The number of anilines is 1. The third-order valence-electron chi connectivity index (χ3n) is 2.60. The van der Waals surface area contributed by atoms with Crippen LogP contribution in [0, 0.1) is 0 Å². The lowest BCUT2D eigenvalue weighted by molar-refractivity contribution is 0.483. The molecule has 0 bridgehead atoms. The molecule has 3 rings (SSSR count). The lowest BCUT2D eigenvalue weighted by atomic mass is 10.3. The van der Waals surface area contributed by atoms with Gasteiger partial charge in [0.1, 0.15) is 11.3 Å². The van der Waals surface area contributed by atoms with Crippen molar-refractivity contribution in [1.29, 1.82) is 0 Å². The Morgan fingerprint density at radius 2 is 2.06 bits per heavy atom. The van der Waals surface area contributed by atoms with Gasteiger partial charge in [-0.05, 0) is 31.2 Å². The molecule has 17 heavy (non-hydrogen) atoms. The summed E-state index contributed by atoms with van der Waals surface area (Å²) in [5.41, 5.74) is 1.63. The quantitative estimate of drug-likeness (QED) is 0.744. The zero-order chi connectivity index (χ0) is 11.7. The topological polar surface area (TPSA) is 51.2 Å². The van der Waals surface area contributed by atoms with E-state index in [1.807, 2.05) is 43.3 Å². The maximum absolute atomic E-state index is 5.57. The largest absolute Gasteiger partial charge is 0.467 e. The van der Waals surface area contributed by atoms with Crippen LogP contribution in [0.2, 0.25) is 0 Å². The van der Waals surface area contributed by atoms with E-state index in [0.29, 0.717) is 6.01 Å². The van der Waals surface area contributed by atoms with E-state index in [9.17, 15) is 0 Å². The lowest BCUT2D eigenvalue weighted by Crippen LogP contribution is -2.05. The van der Waals surface area contributed by atoms with Crippen molar-refractivity contribution in [3.8, 4) is 0 Å². The van der Waals surface area contributed by atoms with Gasteiger partial charge in [0.05, 0.1) is 12.3 Å². The fourth-order valence-electron chi connectivity index (χ4n) is 1.73. The number of rotatable bonds is 3. The van der Waals surface area contributed by atoms with Crippen LogP contribution in [0.3, 0.4) is 0 Å². The van der Waals surface area contributed by atoms with Crippen molar-refractivity contribution < 1.29 is 8.83 Å². The zero-order valence-corrected chi connectivity index (χ0v) is 9.38. The van der Waals surface area contributed by atoms with Gasteiger partial charge >= 0.3 is 0 Å². The number of hydrogen-bond donors (Lipinski definition) is 1. The van der Waals surface area contributed by atoms with Crippen LogP contribution in [0.4, 0.5) is 6.01 Å². The lowest BCUT2D eigenvalue weighted by Gasteiger charge is -2.07. The van der Waals surface area contributed by atoms with Crippen LogP contribution in [0.1, 0.15) is 18.7 Å². The van der Waals surface area contributed by atoms with Gasteiger partial charge in [0.15, 0.2) is 5.58 Å². The molecule has 1 atom stereocenters. The summed E-state index contributed by atoms with van der Waals surface area (Å²) >= 11 is 0. The second-order valence-electron chi connectivity index (χ2n) is 3.87. The highest BCUT2D eigenvalue weighted by Crippen LogP contribution is 2.22. The highest BCUT2D eigenvalue weighted by atomic mass is 16.4. The van der Waals surface area contributed by atoms with Crippen LogP contribution in [0.25, 0.3) is 11.1 Å². The maximum atomic E-state index is 5.57. The molecule has 0 saturated carbocycles. The Labute approximate surface area is 98.3 Å². The number of oxazole rings is 1. The fourth-order valence-corrected chi connectivity index (χ4v) is 1.73. The molecule has 1 N–H and O–H groups in total. The molecule has 0 radical (unpaired) electrons. The number of aromatic nitrogens is 1. The Balaban J connectivity index is 1.85. The standard InChI is InChI=1S/C13H12N2O2/c1-9(11-7-4-8-16-11)14-13-15-10-5-2-3-6-12(10)17-13/h2-9H,1H3,(H,14,15). The normalized spacial score (nSPS) is 12.8. The van der Waals surface area contributed by atoms with E-state index in [4.69, 9.17) is 8.83 Å². The van der Waals surface area contributed by atoms with Crippen molar-refractivity contribution in [2.45, 2.75) is 13.0 Å². The molecule has 0 aliphatic heterocycles. The van der Waals surface area contributed by atoms with Crippen molar-refractivity contribution >= 4 is 17.1 Å². The number of benzene rings is 1. The van der Waals surface area contributed by atoms with Gasteiger partial charge in [-0.3, -0.25) is 0 Å². The maximum Gasteiger partial charge on any atom is 0.296 e. The third kappa shape index (κ3) is 1.89. The zero-order valence-electron chi connectivity index (χ0n) is 9.38. The van der Waals surface area contributed by atoms with E-state index >= 15 is 0 Å². The molecule has 0 fully saturated rings. The summed E-state index contributed by atoms with van der Waals surface area (Å²) in [7, 11) is 0. The summed E-state index contributed by atoms with van der Waals surface area (Å²) in [6.45, 7) is 1.99.